The van der Waals surface area contributed by atoms with E-state index >= 15 is 0 Å². The van der Waals surface area contributed by atoms with E-state index in [2.05, 4.69) is 16.3 Å². The van der Waals surface area contributed by atoms with E-state index in [1.54, 1.807) is 4.90 Å². The summed E-state index contributed by atoms with van der Waals surface area (Å²) in [6.07, 6.45) is 7.50. The van der Waals surface area contributed by atoms with Crippen molar-refractivity contribution in [3.63, 3.8) is 0 Å². The lowest BCUT2D eigenvalue weighted by Gasteiger charge is -2.34. The average molecular weight is 511 g/mol. The van der Waals surface area contributed by atoms with Gasteiger partial charge in [0.15, 0.2) is 0 Å². The Morgan fingerprint density at radius 2 is 1.92 bits per heavy atom. The summed E-state index contributed by atoms with van der Waals surface area (Å²) < 4.78 is 5.52. The molecule has 1 aliphatic carbocycles. The summed E-state index contributed by atoms with van der Waals surface area (Å²) in [5.41, 5.74) is 8.27. The predicted molar refractivity (Wildman–Crippen MR) is 138 cm³/mol. The van der Waals surface area contributed by atoms with Crippen molar-refractivity contribution in [2.24, 2.45) is 17.6 Å². The Kier molecular flexibility index (Phi) is 7.90. The van der Waals surface area contributed by atoms with Gasteiger partial charge in [-0.3, -0.25) is 24.5 Å². The number of fused-ring (bicyclic) bond motifs is 1. The molecule has 3 N–H and O–H groups in total. The SMILES string of the molecule is NCC(=O)[C@H]1CC[C@@H](N(CCCC2CCOCC2)c2cccc3c2CN(C2CCC(=O)NC2=O)C3=O)C1. The van der Waals surface area contributed by atoms with Gasteiger partial charge in [0.2, 0.25) is 11.8 Å². The summed E-state index contributed by atoms with van der Waals surface area (Å²) in [7, 11) is 0. The number of anilines is 1. The minimum absolute atomic E-state index is 0.00800. The van der Waals surface area contributed by atoms with E-state index in [0.717, 1.165) is 76.0 Å². The van der Waals surface area contributed by atoms with Crippen LogP contribution in [-0.2, 0) is 25.7 Å². The van der Waals surface area contributed by atoms with E-state index in [4.69, 9.17) is 10.5 Å². The monoisotopic (exact) mass is 510 g/mol. The molecule has 1 unspecified atom stereocenters. The van der Waals surface area contributed by atoms with E-state index in [9.17, 15) is 19.2 Å². The number of ketones is 1. The van der Waals surface area contributed by atoms with Crippen molar-refractivity contribution in [3.05, 3.63) is 29.3 Å². The first-order valence-electron chi connectivity index (χ1n) is 13.8. The normalized spacial score (nSPS) is 26.4. The Morgan fingerprint density at radius 1 is 1.11 bits per heavy atom. The number of piperidine rings is 1. The van der Waals surface area contributed by atoms with Gasteiger partial charge in [0, 0.05) is 61.5 Å². The maximum Gasteiger partial charge on any atom is 0.255 e. The quantitative estimate of drug-likeness (QED) is 0.488. The van der Waals surface area contributed by atoms with E-state index < -0.39 is 11.9 Å². The van der Waals surface area contributed by atoms with Crippen LogP contribution in [0.5, 0.6) is 0 Å². The first-order valence-corrected chi connectivity index (χ1v) is 13.8. The number of benzene rings is 1. The number of carbonyl (C=O) groups is 4. The lowest BCUT2D eigenvalue weighted by molar-refractivity contribution is -0.137. The van der Waals surface area contributed by atoms with Gasteiger partial charge in [-0.2, -0.15) is 0 Å². The van der Waals surface area contributed by atoms with Gasteiger partial charge in [0.1, 0.15) is 11.8 Å². The Morgan fingerprint density at radius 3 is 2.68 bits per heavy atom. The number of hydrogen-bond acceptors (Lipinski definition) is 7. The van der Waals surface area contributed by atoms with Crippen LogP contribution in [0.1, 0.15) is 73.7 Å². The van der Waals surface area contributed by atoms with Crippen molar-refractivity contribution >= 4 is 29.2 Å². The van der Waals surface area contributed by atoms with E-state index in [1.165, 1.54) is 0 Å². The fourth-order valence-electron chi connectivity index (χ4n) is 6.62. The van der Waals surface area contributed by atoms with Crippen LogP contribution in [0.15, 0.2) is 18.2 Å². The first-order chi connectivity index (χ1) is 18.0. The maximum absolute atomic E-state index is 13.4. The fraction of sp³-hybridized carbons (Fsp3) is 0.643. The lowest BCUT2D eigenvalue weighted by Crippen LogP contribution is -2.52. The summed E-state index contributed by atoms with van der Waals surface area (Å²) in [4.78, 5) is 54.0. The summed E-state index contributed by atoms with van der Waals surface area (Å²) >= 11 is 0. The Bertz CT molecular complexity index is 1050. The molecule has 0 radical (unpaired) electrons. The molecule has 3 amide bonds. The standard InChI is InChI=1S/C28H38N4O5/c29-16-25(33)19-6-7-20(15-19)31(12-2-3-18-10-13-37-14-11-18)23-5-1-4-21-22(23)17-32(28(21)36)24-8-9-26(34)30-27(24)35/h1,4-5,18-20,24H,2-3,6-17,29H2,(H,30,34,35)/t19-,20+,24?/m0/s1. The largest absolute Gasteiger partial charge is 0.381 e. The Balaban J connectivity index is 1.37. The van der Waals surface area contributed by atoms with Crippen molar-refractivity contribution in [1.82, 2.24) is 10.2 Å². The lowest BCUT2D eigenvalue weighted by atomic mass is 9.94. The minimum atomic E-state index is -0.634. The van der Waals surface area contributed by atoms with Crippen LogP contribution in [0.25, 0.3) is 0 Å². The number of imide groups is 1. The van der Waals surface area contributed by atoms with E-state index in [-0.39, 0.29) is 42.5 Å². The highest BCUT2D eigenvalue weighted by atomic mass is 16.5. The molecule has 4 aliphatic rings. The number of nitrogens with one attached hydrogen (secondary N) is 1. The van der Waals surface area contributed by atoms with Crippen LogP contribution in [-0.4, -0.2) is 66.8 Å². The number of nitrogens with zero attached hydrogens (tertiary/aromatic N) is 2. The summed E-state index contributed by atoms with van der Waals surface area (Å²) in [5, 5.41) is 2.38. The molecule has 1 aromatic carbocycles. The highest BCUT2D eigenvalue weighted by molar-refractivity contribution is 6.06. The molecule has 9 nitrogen and oxygen atoms in total. The molecule has 1 aromatic rings. The Hall–Kier alpha value is -2.78. The number of carbonyl (C=O) groups excluding carboxylic acids is 4. The van der Waals surface area contributed by atoms with Crippen molar-refractivity contribution in [3.8, 4) is 0 Å². The molecule has 3 atom stereocenters. The fourth-order valence-corrected chi connectivity index (χ4v) is 6.62. The third kappa shape index (κ3) is 5.43. The molecule has 2 saturated heterocycles. The molecule has 9 heteroatoms. The van der Waals surface area contributed by atoms with Crippen LogP contribution in [0, 0.1) is 11.8 Å². The van der Waals surface area contributed by atoms with Gasteiger partial charge in [-0.15, -0.1) is 0 Å². The molecular weight excluding hydrogens is 472 g/mol. The predicted octanol–water partition coefficient (Wildman–Crippen LogP) is 2.16. The number of rotatable bonds is 9. The molecule has 0 aromatic heterocycles. The van der Waals surface area contributed by atoms with Gasteiger partial charge in [0.05, 0.1) is 6.54 Å². The van der Waals surface area contributed by atoms with Crippen molar-refractivity contribution in [2.75, 3.05) is 31.2 Å². The molecule has 37 heavy (non-hydrogen) atoms. The van der Waals surface area contributed by atoms with Crippen molar-refractivity contribution in [1.29, 1.82) is 0 Å². The summed E-state index contributed by atoms with van der Waals surface area (Å²) in [6.45, 7) is 2.96. The van der Waals surface area contributed by atoms with Gasteiger partial charge in [0.25, 0.3) is 5.91 Å². The third-order valence-corrected chi connectivity index (χ3v) is 8.72. The van der Waals surface area contributed by atoms with Gasteiger partial charge >= 0.3 is 0 Å². The molecular formula is C28H38N4O5. The van der Waals surface area contributed by atoms with Crippen LogP contribution in [0.4, 0.5) is 5.69 Å². The maximum atomic E-state index is 13.4. The second kappa shape index (κ2) is 11.3. The highest BCUT2D eigenvalue weighted by Crippen LogP contribution is 2.39. The zero-order valence-electron chi connectivity index (χ0n) is 21.5. The third-order valence-electron chi connectivity index (χ3n) is 8.72. The van der Waals surface area contributed by atoms with E-state index in [1.807, 2.05) is 12.1 Å². The Labute approximate surface area is 218 Å². The number of nitrogens with two attached hydrogens (primary N) is 1. The zero-order valence-corrected chi connectivity index (χ0v) is 21.5. The molecule has 3 fully saturated rings. The second-order valence-electron chi connectivity index (χ2n) is 10.9. The number of amides is 3. The first kappa shape index (κ1) is 25.9. The van der Waals surface area contributed by atoms with Crippen LogP contribution < -0.4 is 16.0 Å². The second-order valence-corrected chi connectivity index (χ2v) is 10.9. The molecule has 3 aliphatic heterocycles. The molecule has 200 valence electrons. The highest BCUT2D eigenvalue weighted by Gasteiger charge is 2.41. The van der Waals surface area contributed by atoms with Crippen LogP contribution in [0.3, 0.4) is 0 Å². The number of Topliss-reactive ketones (excluding diaryl/α,β-unsaturated/α-hetero) is 1. The average Bonchev–Trinajstić information content (AvgIpc) is 3.52. The number of hydrogen-bond donors (Lipinski definition) is 2. The van der Waals surface area contributed by atoms with Crippen molar-refractivity contribution in [2.45, 2.75) is 76.4 Å². The van der Waals surface area contributed by atoms with Gasteiger partial charge in [-0.25, -0.2) is 0 Å². The molecule has 5 rings (SSSR count). The van der Waals surface area contributed by atoms with Gasteiger partial charge in [-0.1, -0.05) is 6.07 Å². The van der Waals surface area contributed by atoms with E-state index in [0.29, 0.717) is 24.4 Å². The van der Waals surface area contributed by atoms with Crippen molar-refractivity contribution < 1.29 is 23.9 Å². The van der Waals surface area contributed by atoms with Gasteiger partial charge in [-0.05, 0) is 69.4 Å². The van der Waals surface area contributed by atoms with Crippen LogP contribution in [0.2, 0.25) is 0 Å². The molecule has 0 bridgehead atoms. The topological polar surface area (TPSA) is 122 Å². The van der Waals surface area contributed by atoms with Gasteiger partial charge < -0.3 is 20.3 Å². The molecule has 0 spiro atoms. The number of ether oxygens (including phenoxy) is 1. The summed E-state index contributed by atoms with van der Waals surface area (Å²) in [5.74, 6) is -0.0442. The van der Waals surface area contributed by atoms with Crippen LogP contribution >= 0.6 is 0 Å². The smallest absolute Gasteiger partial charge is 0.255 e. The molecule has 1 saturated carbocycles. The minimum Gasteiger partial charge on any atom is -0.381 e. The summed E-state index contributed by atoms with van der Waals surface area (Å²) in [6, 6.07) is 5.41. The zero-order chi connectivity index (χ0) is 25.9. The molecule has 3 heterocycles.